The van der Waals surface area contributed by atoms with Crippen molar-refractivity contribution in [2.75, 3.05) is 27.4 Å². The number of nitrogens with zero attached hydrogens (tertiary/aromatic N) is 2. The molecule has 6 bridgehead atoms. The lowest BCUT2D eigenvalue weighted by molar-refractivity contribution is 0.0587. The van der Waals surface area contributed by atoms with Gasteiger partial charge in [0.1, 0.15) is 0 Å². The van der Waals surface area contributed by atoms with Gasteiger partial charge in [-0.1, -0.05) is 13.8 Å². The van der Waals surface area contributed by atoms with Crippen molar-refractivity contribution in [1.82, 2.24) is 19.9 Å². The number of carbonyl (C=O) groups is 2. The number of aliphatic hydroxyl groups excluding tert-OH is 2. The van der Waals surface area contributed by atoms with Gasteiger partial charge in [0, 0.05) is 35.3 Å². The zero-order valence-electron chi connectivity index (χ0n) is 26.4. The molecule has 0 amide bonds. The molecular formula is C34H42N4O6. The van der Waals surface area contributed by atoms with Crippen LogP contribution in [0, 0.1) is 13.8 Å². The van der Waals surface area contributed by atoms with Crippen LogP contribution < -0.4 is 0 Å². The van der Waals surface area contributed by atoms with Crippen molar-refractivity contribution < 1.29 is 29.3 Å². The van der Waals surface area contributed by atoms with Crippen molar-refractivity contribution in [3.05, 3.63) is 69.3 Å². The fourth-order valence-electron chi connectivity index (χ4n) is 5.81. The van der Waals surface area contributed by atoms with Gasteiger partial charge in [-0.05, 0) is 110 Å². The van der Waals surface area contributed by atoms with E-state index in [1.165, 1.54) is 14.2 Å². The van der Waals surface area contributed by atoms with Gasteiger partial charge >= 0.3 is 11.9 Å². The van der Waals surface area contributed by atoms with E-state index in [-0.39, 0.29) is 24.6 Å². The van der Waals surface area contributed by atoms with E-state index in [0.717, 1.165) is 68.7 Å². The second-order valence-electron chi connectivity index (χ2n) is 10.8. The molecule has 0 aliphatic carbocycles. The number of allylic oxidation sites excluding steroid dienone is 2. The van der Waals surface area contributed by atoms with Gasteiger partial charge in [0.2, 0.25) is 0 Å². The summed E-state index contributed by atoms with van der Waals surface area (Å²) < 4.78 is 10.1. The first kappa shape index (κ1) is 32.6. The van der Waals surface area contributed by atoms with Crippen LogP contribution >= 0.6 is 0 Å². The Hall–Kier alpha value is -4.28. The molecule has 1 aliphatic heterocycles. The Balaban J connectivity index is 2.28. The fourth-order valence-corrected chi connectivity index (χ4v) is 5.81. The molecule has 44 heavy (non-hydrogen) atoms. The summed E-state index contributed by atoms with van der Waals surface area (Å²) in [6, 6.07) is 7.20. The molecule has 10 heteroatoms. The van der Waals surface area contributed by atoms with E-state index < -0.39 is 11.9 Å². The molecule has 3 aromatic heterocycles. The van der Waals surface area contributed by atoms with Gasteiger partial charge in [0.25, 0.3) is 0 Å². The van der Waals surface area contributed by atoms with Crippen LogP contribution in [-0.4, -0.2) is 69.5 Å². The molecule has 234 valence electrons. The Labute approximate surface area is 257 Å². The van der Waals surface area contributed by atoms with Gasteiger partial charge < -0.3 is 29.7 Å². The molecule has 0 atom stereocenters. The van der Waals surface area contributed by atoms with Crippen LogP contribution in [0.2, 0.25) is 0 Å². The second-order valence-corrected chi connectivity index (χ2v) is 10.8. The number of aromatic nitrogens is 4. The summed E-state index contributed by atoms with van der Waals surface area (Å²) in [4.78, 5) is 42.4. The number of hydrogen-bond acceptors (Lipinski definition) is 8. The Morgan fingerprint density at radius 1 is 0.682 bits per heavy atom. The minimum Gasteiger partial charge on any atom is -0.464 e. The maximum absolute atomic E-state index is 13.0. The van der Waals surface area contributed by atoms with Crippen LogP contribution in [0.5, 0.6) is 0 Å². The highest BCUT2D eigenvalue weighted by Gasteiger charge is 2.20. The maximum Gasteiger partial charge on any atom is 0.356 e. The van der Waals surface area contributed by atoms with Crippen molar-refractivity contribution in [3.8, 4) is 0 Å². The number of ether oxygens (including phenoxy) is 2. The number of aryl methyl sites for hydroxylation is 4. The van der Waals surface area contributed by atoms with E-state index in [1.807, 2.05) is 26.0 Å². The molecule has 0 saturated carbocycles. The molecule has 0 aromatic carbocycles. The highest BCUT2D eigenvalue weighted by molar-refractivity contribution is 5.95. The zero-order chi connectivity index (χ0) is 32.0. The molecular weight excluding hydrogens is 560 g/mol. The Morgan fingerprint density at radius 3 is 1.43 bits per heavy atom. The number of carbonyl (C=O) groups excluding carboxylic acids is 2. The van der Waals surface area contributed by atoms with Crippen LogP contribution in [0.3, 0.4) is 0 Å². The summed E-state index contributed by atoms with van der Waals surface area (Å²) in [6.45, 7) is 8.20. The highest BCUT2D eigenvalue weighted by atomic mass is 16.5. The third-order valence-electron chi connectivity index (χ3n) is 8.16. The predicted molar refractivity (Wildman–Crippen MR) is 171 cm³/mol. The number of aromatic amines is 2. The summed E-state index contributed by atoms with van der Waals surface area (Å²) >= 11 is 0. The van der Waals surface area contributed by atoms with E-state index in [2.05, 4.69) is 28.8 Å². The lowest BCUT2D eigenvalue weighted by atomic mass is 9.99. The van der Waals surface area contributed by atoms with E-state index in [1.54, 1.807) is 12.1 Å². The van der Waals surface area contributed by atoms with Gasteiger partial charge in [0.05, 0.1) is 25.6 Å². The molecule has 0 spiro atoms. The smallest absolute Gasteiger partial charge is 0.356 e. The molecule has 4 N–H and O–H groups in total. The van der Waals surface area contributed by atoms with E-state index in [0.29, 0.717) is 36.7 Å². The zero-order valence-corrected chi connectivity index (χ0v) is 26.4. The standard InChI is InChI=1S/C34H42N4O6/c1-7-21-22(8-2)28-18-30-24(12-10-14-40)20(4)26(36-30)16-32(34(42)44-6)38-31(33(41)43-5)15-25-19(3)23(11-9-13-39)29(35-25)17-27(21)37-28/h15-18,35-36,39-40H,7-14H2,1-6H3. The SMILES string of the molecule is CCC1=C(CC)c2cc3[nH]c(cc(C(=O)OC)nc(C(=O)OC)cc4[nH]c(cc1n2)c(CCCO)c4C)c(C)c3CCCO. The number of H-pyrrole nitrogens is 2. The molecule has 0 saturated heterocycles. The van der Waals surface area contributed by atoms with Gasteiger partial charge in [-0.15, -0.1) is 0 Å². The third-order valence-corrected chi connectivity index (χ3v) is 8.16. The Kier molecular flexibility index (Phi) is 10.7. The van der Waals surface area contributed by atoms with Crippen LogP contribution in [0.1, 0.15) is 94.1 Å². The van der Waals surface area contributed by atoms with E-state index in [4.69, 9.17) is 14.5 Å². The minimum atomic E-state index is -0.721. The number of rotatable bonds is 10. The topological polar surface area (TPSA) is 150 Å². The Morgan fingerprint density at radius 2 is 1.09 bits per heavy atom. The number of esters is 2. The van der Waals surface area contributed by atoms with Crippen LogP contribution in [0.15, 0.2) is 24.3 Å². The largest absolute Gasteiger partial charge is 0.464 e. The van der Waals surface area contributed by atoms with E-state index in [9.17, 15) is 19.8 Å². The fraction of sp³-hybridized carbons (Fsp3) is 0.412. The number of hydrogen-bond donors (Lipinski definition) is 4. The van der Waals surface area contributed by atoms with Crippen LogP contribution in [-0.2, 0) is 22.3 Å². The van der Waals surface area contributed by atoms with Gasteiger partial charge in [-0.25, -0.2) is 19.6 Å². The third kappa shape index (κ3) is 6.61. The number of aliphatic hydroxyl groups is 2. The van der Waals surface area contributed by atoms with Gasteiger partial charge in [-0.3, -0.25) is 0 Å². The molecule has 10 nitrogen and oxygen atoms in total. The lowest BCUT2D eigenvalue weighted by Crippen LogP contribution is -2.09. The normalized spacial score (nSPS) is 12.0. The van der Waals surface area contributed by atoms with Crippen molar-refractivity contribution in [2.45, 2.75) is 66.2 Å². The molecule has 0 unspecified atom stereocenters. The van der Waals surface area contributed by atoms with E-state index >= 15 is 0 Å². The summed E-state index contributed by atoms with van der Waals surface area (Å²) in [6.07, 6.45) is 3.92. The molecule has 3 aromatic rings. The quantitative estimate of drug-likeness (QED) is 0.214. The average Bonchev–Trinajstić information content (AvgIpc) is 3.62. The average molecular weight is 603 g/mol. The van der Waals surface area contributed by atoms with Crippen LogP contribution in [0.25, 0.3) is 33.2 Å². The van der Waals surface area contributed by atoms with Crippen molar-refractivity contribution in [2.24, 2.45) is 0 Å². The van der Waals surface area contributed by atoms with Crippen LogP contribution in [0.4, 0.5) is 0 Å². The summed E-state index contributed by atoms with van der Waals surface area (Å²) in [7, 11) is 2.52. The summed E-state index contributed by atoms with van der Waals surface area (Å²) in [5.41, 5.74) is 10.5. The first-order chi connectivity index (χ1) is 21.2. The Bertz CT molecular complexity index is 1630. The summed E-state index contributed by atoms with van der Waals surface area (Å²) in [5, 5.41) is 19.2. The molecule has 4 heterocycles. The highest BCUT2D eigenvalue weighted by Crippen LogP contribution is 2.36. The van der Waals surface area contributed by atoms with Crippen molar-refractivity contribution in [3.63, 3.8) is 0 Å². The molecule has 0 radical (unpaired) electrons. The predicted octanol–water partition coefficient (Wildman–Crippen LogP) is 5.77. The maximum atomic E-state index is 13.0. The molecule has 0 fully saturated rings. The van der Waals surface area contributed by atoms with Gasteiger partial charge in [-0.2, -0.15) is 0 Å². The number of nitrogens with one attached hydrogen (secondary N) is 2. The van der Waals surface area contributed by atoms with Crippen molar-refractivity contribution in [1.29, 1.82) is 0 Å². The first-order valence-corrected chi connectivity index (χ1v) is 15.0. The second kappa shape index (κ2) is 14.5. The monoisotopic (exact) mass is 602 g/mol. The number of methoxy groups -OCH3 is 2. The lowest BCUT2D eigenvalue weighted by Gasteiger charge is -2.03. The minimum absolute atomic E-state index is 0.0369. The number of fused-ring (bicyclic) bond motifs is 6. The summed E-state index contributed by atoms with van der Waals surface area (Å²) in [5.74, 6) is -1.44. The van der Waals surface area contributed by atoms with Gasteiger partial charge in [0.15, 0.2) is 11.4 Å². The first-order valence-electron chi connectivity index (χ1n) is 15.0. The molecule has 4 rings (SSSR count). The molecule has 1 aliphatic rings. The van der Waals surface area contributed by atoms with Crippen molar-refractivity contribution >= 4 is 45.2 Å².